The standard InChI is InChI=1S/C15H22N2O2/c1-12-13(2)17(10-9-16(12)3)15(18)19-11-14-7-5-4-6-8-14/h4-8,12-13H,9-11H2,1-3H3/t12-,13+/m1/s1. The molecule has 0 aliphatic carbocycles. The van der Waals surface area contributed by atoms with Crippen molar-refractivity contribution in [1.82, 2.24) is 9.80 Å². The summed E-state index contributed by atoms with van der Waals surface area (Å²) >= 11 is 0. The quantitative estimate of drug-likeness (QED) is 0.820. The van der Waals surface area contributed by atoms with Crippen molar-refractivity contribution >= 4 is 6.09 Å². The van der Waals surface area contributed by atoms with Crippen LogP contribution in [0.3, 0.4) is 0 Å². The van der Waals surface area contributed by atoms with E-state index in [1.807, 2.05) is 35.2 Å². The summed E-state index contributed by atoms with van der Waals surface area (Å²) in [5, 5.41) is 0. The van der Waals surface area contributed by atoms with Gasteiger partial charge in [-0.25, -0.2) is 4.79 Å². The lowest BCUT2D eigenvalue weighted by molar-refractivity contribution is 0.0309. The normalized spacial score (nSPS) is 24.3. The third-order valence-electron chi connectivity index (χ3n) is 4.02. The minimum absolute atomic E-state index is 0.182. The van der Waals surface area contributed by atoms with Crippen molar-refractivity contribution in [1.29, 1.82) is 0 Å². The fraction of sp³-hybridized carbons (Fsp3) is 0.533. The molecule has 4 nitrogen and oxygen atoms in total. The lowest BCUT2D eigenvalue weighted by atomic mass is 10.1. The predicted molar refractivity (Wildman–Crippen MR) is 74.9 cm³/mol. The molecule has 0 N–H and O–H groups in total. The van der Waals surface area contributed by atoms with Crippen LogP contribution in [0.25, 0.3) is 0 Å². The molecule has 4 heteroatoms. The topological polar surface area (TPSA) is 32.8 Å². The van der Waals surface area contributed by atoms with Gasteiger partial charge in [0.2, 0.25) is 0 Å². The Kier molecular flexibility index (Phi) is 4.43. The van der Waals surface area contributed by atoms with Crippen molar-refractivity contribution in [2.45, 2.75) is 32.5 Å². The Bertz CT molecular complexity index is 421. The highest BCUT2D eigenvalue weighted by atomic mass is 16.6. The summed E-state index contributed by atoms with van der Waals surface area (Å²) in [6, 6.07) is 10.3. The predicted octanol–water partition coefficient (Wildman–Crippen LogP) is 2.35. The minimum Gasteiger partial charge on any atom is -0.445 e. The zero-order valence-corrected chi connectivity index (χ0v) is 11.9. The number of likely N-dealkylation sites (N-methyl/N-ethyl adjacent to an activating group) is 1. The van der Waals surface area contributed by atoms with E-state index in [2.05, 4.69) is 25.8 Å². The van der Waals surface area contributed by atoms with Crippen molar-refractivity contribution in [3.05, 3.63) is 35.9 Å². The van der Waals surface area contributed by atoms with E-state index in [-0.39, 0.29) is 12.1 Å². The summed E-state index contributed by atoms with van der Waals surface area (Å²) in [7, 11) is 2.09. The Morgan fingerprint density at radius 3 is 2.58 bits per heavy atom. The molecule has 2 rings (SSSR count). The number of piperazine rings is 1. The maximum absolute atomic E-state index is 12.1. The number of nitrogens with zero attached hydrogens (tertiary/aromatic N) is 2. The van der Waals surface area contributed by atoms with Crippen LogP contribution >= 0.6 is 0 Å². The van der Waals surface area contributed by atoms with E-state index in [1.54, 1.807) is 0 Å². The van der Waals surface area contributed by atoms with Crippen LogP contribution in [0.15, 0.2) is 30.3 Å². The fourth-order valence-corrected chi connectivity index (χ4v) is 2.36. The van der Waals surface area contributed by atoms with Gasteiger partial charge in [0.1, 0.15) is 6.61 Å². The van der Waals surface area contributed by atoms with Gasteiger partial charge in [-0.2, -0.15) is 0 Å². The average Bonchev–Trinajstić information content (AvgIpc) is 2.43. The second-order valence-electron chi connectivity index (χ2n) is 5.20. The van der Waals surface area contributed by atoms with Crippen molar-refractivity contribution < 1.29 is 9.53 Å². The van der Waals surface area contributed by atoms with Gasteiger partial charge in [-0.1, -0.05) is 30.3 Å². The van der Waals surface area contributed by atoms with Crippen molar-refractivity contribution in [3.63, 3.8) is 0 Å². The van der Waals surface area contributed by atoms with Crippen LogP contribution in [-0.2, 0) is 11.3 Å². The van der Waals surface area contributed by atoms with E-state index in [1.165, 1.54) is 0 Å². The Morgan fingerprint density at radius 1 is 1.21 bits per heavy atom. The smallest absolute Gasteiger partial charge is 0.410 e. The Balaban J connectivity index is 1.90. The van der Waals surface area contributed by atoms with Crippen molar-refractivity contribution in [2.24, 2.45) is 0 Å². The summed E-state index contributed by atoms with van der Waals surface area (Å²) in [6.07, 6.45) is -0.212. The molecule has 1 fully saturated rings. The van der Waals surface area contributed by atoms with Gasteiger partial charge in [0.05, 0.1) is 0 Å². The Hall–Kier alpha value is -1.55. The highest BCUT2D eigenvalue weighted by Crippen LogP contribution is 2.16. The molecule has 0 aromatic heterocycles. The zero-order chi connectivity index (χ0) is 13.8. The summed E-state index contributed by atoms with van der Waals surface area (Å²) in [5.74, 6) is 0. The maximum Gasteiger partial charge on any atom is 0.410 e. The molecule has 1 aromatic rings. The van der Waals surface area contributed by atoms with Gasteiger partial charge < -0.3 is 9.64 Å². The van der Waals surface area contributed by atoms with Crippen LogP contribution in [0.5, 0.6) is 0 Å². The zero-order valence-electron chi connectivity index (χ0n) is 11.9. The maximum atomic E-state index is 12.1. The minimum atomic E-state index is -0.212. The lowest BCUT2D eigenvalue weighted by Crippen LogP contribution is -2.57. The van der Waals surface area contributed by atoms with E-state index in [4.69, 9.17) is 4.74 Å². The molecule has 1 amide bonds. The molecular weight excluding hydrogens is 240 g/mol. The van der Waals surface area contributed by atoms with E-state index < -0.39 is 0 Å². The second kappa shape index (κ2) is 6.06. The van der Waals surface area contributed by atoms with Gasteiger partial charge >= 0.3 is 6.09 Å². The molecule has 1 aliphatic rings. The molecule has 1 aliphatic heterocycles. The molecule has 0 saturated carbocycles. The summed E-state index contributed by atoms with van der Waals surface area (Å²) < 4.78 is 5.39. The van der Waals surface area contributed by atoms with E-state index in [0.29, 0.717) is 12.6 Å². The van der Waals surface area contributed by atoms with Crippen LogP contribution in [0.2, 0.25) is 0 Å². The number of carbonyl (C=O) groups is 1. The molecule has 0 unspecified atom stereocenters. The first-order valence-corrected chi connectivity index (χ1v) is 6.77. The Morgan fingerprint density at radius 2 is 1.89 bits per heavy atom. The van der Waals surface area contributed by atoms with Crippen molar-refractivity contribution in [3.8, 4) is 0 Å². The van der Waals surface area contributed by atoms with E-state index in [0.717, 1.165) is 18.7 Å². The SMILES string of the molecule is C[C@@H]1[C@H](C)N(C(=O)OCc2ccccc2)CCN1C. The number of rotatable bonds is 2. The largest absolute Gasteiger partial charge is 0.445 e. The van der Waals surface area contributed by atoms with Crippen LogP contribution in [0.4, 0.5) is 4.79 Å². The lowest BCUT2D eigenvalue weighted by Gasteiger charge is -2.42. The van der Waals surface area contributed by atoms with Gasteiger partial charge in [-0.05, 0) is 26.5 Å². The molecule has 0 bridgehead atoms. The Labute approximate surface area is 115 Å². The molecule has 2 atom stereocenters. The number of carbonyl (C=O) groups excluding carboxylic acids is 1. The number of benzene rings is 1. The molecule has 1 heterocycles. The van der Waals surface area contributed by atoms with Gasteiger partial charge in [0.25, 0.3) is 0 Å². The average molecular weight is 262 g/mol. The number of amides is 1. The van der Waals surface area contributed by atoms with Gasteiger partial charge in [0, 0.05) is 25.2 Å². The molecule has 104 valence electrons. The van der Waals surface area contributed by atoms with Gasteiger partial charge in [-0.3, -0.25) is 4.90 Å². The molecule has 1 saturated heterocycles. The monoisotopic (exact) mass is 262 g/mol. The molecule has 0 spiro atoms. The third kappa shape index (κ3) is 3.26. The first-order chi connectivity index (χ1) is 9.09. The van der Waals surface area contributed by atoms with Crippen molar-refractivity contribution in [2.75, 3.05) is 20.1 Å². The first kappa shape index (κ1) is 13.9. The molecular formula is C15H22N2O2. The van der Waals surface area contributed by atoms with Crippen LogP contribution in [0.1, 0.15) is 19.4 Å². The number of ether oxygens (including phenoxy) is 1. The molecule has 1 aromatic carbocycles. The second-order valence-corrected chi connectivity index (χ2v) is 5.20. The van der Waals surface area contributed by atoms with Crippen LogP contribution in [0, 0.1) is 0 Å². The van der Waals surface area contributed by atoms with E-state index >= 15 is 0 Å². The summed E-state index contributed by atoms with van der Waals surface area (Å²) in [6.45, 7) is 6.18. The highest BCUT2D eigenvalue weighted by Gasteiger charge is 2.32. The summed E-state index contributed by atoms with van der Waals surface area (Å²) in [5.41, 5.74) is 1.02. The van der Waals surface area contributed by atoms with E-state index in [9.17, 15) is 4.79 Å². The van der Waals surface area contributed by atoms with Gasteiger partial charge in [-0.15, -0.1) is 0 Å². The highest BCUT2D eigenvalue weighted by molar-refractivity contribution is 5.68. The van der Waals surface area contributed by atoms with Gasteiger partial charge in [0.15, 0.2) is 0 Å². The molecule has 0 radical (unpaired) electrons. The summed E-state index contributed by atoms with van der Waals surface area (Å²) in [4.78, 5) is 16.2. The number of hydrogen-bond donors (Lipinski definition) is 0. The van der Waals surface area contributed by atoms with Crippen LogP contribution in [-0.4, -0.2) is 48.1 Å². The third-order valence-corrected chi connectivity index (χ3v) is 4.02. The number of hydrogen-bond acceptors (Lipinski definition) is 3. The molecule has 19 heavy (non-hydrogen) atoms. The fourth-order valence-electron chi connectivity index (χ4n) is 2.36. The van der Waals surface area contributed by atoms with Crippen LogP contribution < -0.4 is 0 Å². The first-order valence-electron chi connectivity index (χ1n) is 6.77.